The highest BCUT2D eigenvalue weighted by Gasteiger charge is 2.83. The highest BCUT2D eigenvalue weighted by Crippen LogP contribution is 2.67. The fraction of sp³-hybridized carbons (Fsp3) is 0.659. The molecule has 0 radical (unpaired) electrons. The Morgan fingerprint density at radius 3 is 2.18 bits per heavy atom. The van der Waals surface area contributed by atoms with Crippen LogP contribution < -0.4 is 5.32 Å². The van der Waals surface area contributed by atoms with Crippen LogP contribution in [0.1, 0.15) is 99.4 Å². The van der Waals surface area contributed by atoms with E-state index in [0.717, 1.165) is 13.8 Å². The van der Waals surface area contributed by atoms with Gasteiger partial charge >= 0.3 is 36.1 Å². The van der Waals surface area contributed by atoms with Gasteiger partial charge < -0.3 is 53.4 Å². The lowest BCUT2D eigenvalue weighted by molar-refractivity contribution is -0.345. The highest BCUT2D eigenvalue weighted by atomic mass is 16.8. The summed E-state index contributed by atoms with van der Waals surface area (Å²) in [5.74, 6) is -8.61. The number of amides is 1. The molecule has 4 fully saturated rings. The van der Waals surface area contributed by atoms with Crippen LogP contribution in [0.4, 0.5) is 9.59 Å². The van der Waals surface area contributed by atoms with Crippen LogP contribution in [-0.2, 0) is 57.1 Å². The molecule has 1 spiro atoms. The van der Waals surface area contributed by atoms with E-state index in [0.29, 0.717) is 0 Å². The van der Waals surface area contributed by atoms with Gasteiger partial charge in [-0.05, 0) is 57.7 Å². The van der Waals surface area contributed by atoms with Gasteiger partial charge in [0.1, 0.15) is 17.8 Å². The summed E-state index contributed by atoms with van der Waals surface area (Å²) in [5.41, 5.74) is -9.05. The number of Topliss-reactive ketones (excluding diaryl/α,β-unsaturated/α-hetero) is 1. The fourth-order valence-corrected chi connectivity index (χ4v) is 10.4. The first kappa shape index (κ1) is 46.4. The predicted molar refractivity (Wildman–Crippen MR) is 211 cm³/mol. The third-order valence-electron chi connectivity index (χ3n) is 12.9. The van der Waals surface area contributed by atoms with Crippen LogP contribution in [0.15, 0.2) is 41.7 Å². The summed E-state index contributed by atoms with van der Waals surface area (Å²) in [6, 6.07) is 6.47. The zero-order valence-electron chi connectivity index (χ0n) is 36.8. The van der Waals surface area contributed by atoms with Crippen LogP contribution in [0, 0.1) is 28.6 Å². The molecule has 340 valence electrons. The van der Waals surface area contributed by atoms with Gasteiger partial charge in [0.2, 0.25) is 11.4 Å². The second-order valence-corrected chi connectivity index (χ2v) is 19.0. The number of fused-ring (bicyclic) bond motifs is 4. The van der Waals surface area contributed by atoms with Crippen LogP contribution in [0.5, 0.6) is 0 Å². The monoisotopic (exact) mass is 871 g/mol. The molecule has 2 bridgehead atoms. The van der Waals surface area contributed by atoms with Gasteiger partial charge in [0, 0.05) is 31.6 Å². The molecule has 1 aromatic rings. The standard InChI is InChI=1S/C44H57NO17/c1-20(2)17-25(45-38(53)61-40(6,7)8)29(49)37(52)57-30-21(3)28-31(56-22(4)46)33(50)42(11)26(48)18-27-43(19-55-27,60-23(5)47)32(42)35(58-36(51)24-15-13-12-14-16-24)44(41(28,9)10)34(30)59-39(54)62-44/h12-16,20-21,25-27,29-30,32,34-35,48-49H,17-19H2,1-11H3,(H,45,53)/t21?,25-,26-,27?,29+,30+,32-,34-,35-,42+,43-,44+/m0/s1. The van der Waals surface area contributed by atoms with Gasteiger partial charge in [0.05, 0.1) is 35.6 Å². The number of ketones is 1. The zero-order valence-corrected chi connectivity index (χ0v) is 36.8. The maximum atomic E-state index is 15.6. The number of carbonyl (C=O) groups excluding carboxylic acids is 7. The first-order chi connectivity index (χ1) is 28.7. The summed E-state index contributed by atoms with van der Waals surface area (Å²) in [6.45, 7) is 16.3. The smallest absolute Gasteiger partial charge is 0.456 e. The summed E-state index contributed by atoms with van der Waals surface area (Å²) < 4.78 is 48.1. The molecule has 18 heteroatoms. The normalized spacial score (nSPS) is 34.2. The Balaban J connectivity index is 1.61. The number of esters is 4. The third kappa shape index (κ3) is 7.61. The van der Waals surface area contributed by atoms with E-state index in [1.807, 2.05) is 0 Å². The largest absolute Gasteiger partial charge is 0.509 e. The van der Waals surface area contributed by atoms with Crippen molar-refractivity contribution in [2.24, 2.45) is 28.6 Å². The summed E-state index contributed by atoms with van der Waals surface area (Å²) >= 11 is 0. The molecule has 2 aliphatic heterocycles. The van der Waals surface area contributed by atoms with E-state index in [2.05, 4.69) is 5.32 Å². The first-order valence-corrected chi connectivity index (χ1v) is 20.7. The molecule has 18 nitrogen and oxygen atoms in total. The van der Waals surface area contributed by atoms with Gasteiger partial charge in [-0.2, -0.15) is 0 Å². The molecule has 1 amide bonds. The van der Waals surface area contributed by atoms with Crippen molar-refractivity contribution < 1.29 is 81.7 Å². The van der Waals surface area contributed by atoms with Crippen molar-refractivity contribution >= 4 is 41.9 Å². The van der Waals surface area contributed by atoms with E-state index in [1.165, 1.54) is 26.0 Å². The number of carbonyl (C=O) groups is 7. The fourth-order valence-electron chi connectivity index (χ4n) is 10.4. The van der Waals surface area contributed by atoms with E-state index in [-0.39, 0.29) is 36.5 Å². The predicted octanol–water partition coefficient (Wildman–Crippen LogP) is 3.86. The highest BCUT2D eigenvalue weighted by molar-refractivity contribution is 6.02. The number of ether oxygens (including phenoxy) is 8. The molecule has 2 saturated heterocycles. The van der Waals surface area contributed by atoms with Crippen molar-refractivity contribution in [2.45, 2.75) is 148 Å². The summed E-state index contributed by atoms with van der Waals surface area (Å²) in [7, 11) is 0. The molecule has 3 aliphatic carbocycles. The molecule has 3 N–H and O–H groups in total. The Morgan fingerprint density at radius 2 is 1.63 bits per heavy atom. The van der Waals surface area contributed by atoms with Crippen molar-refractivity contribution in [3.63, 3.8) is 0 Å². The number of hydrogen-bond acceptors (Lipinski definition) is 17. The number of benzene rings is 1. The SMILES string of the molecule is CC(=O)OC1=C2C(C)[C@@H](OC(=O)[C@H](O)[C@H](CC(C)C)NC(=O)OC(C)(C)C)[C@@H]3OC(=O)O[C@]3([C@@H](OC(=O)c3ccccc3)[C@H]3[C@](C)(C1=O)[C@@H](O)CC1OC[C@]13OC(C)=O)C2(C)C. The average molecular weight is 872 g/mol. The Morgan fingerprint density at radius 1 is 0.984 bits per heavy atom. The van der Waals surface area contributed by atoms with Crippen LogP contribution in [0.2, 0.25) is 0 Å². The molecule has 2 saturated carbocycles. The Bertz CT molecular complexity index is 2040. The topological polar surface area (TPSA) is 246 Å². The van der Waals surface area contributed by atoms with Crippen molar-refractivity contribution in [3.8, 4) is 0 Å². The van der Waals surface area contributed by atoms with Crippen molar-refractivity contribution in [1.82, 2.24) is 5.32 Å². The number of aliphatic hydroxyl groups excluding tert-OH is 2. The lowest BCUT2D eigenvalue weighted by atomic mass is 9.44. The van der Waals surface area contributed by atoms with Gasteiger partial charge in [0.25, 0.3) is 0 Å². The molecule has 2 unspecified atom stereocenters. The zero-order chi connectivity index (χ0) is 46.1. The average Bonchev–Trinajstić information content (AvgIpc) is 3.52. The quantitative estimate of drug-likeness (QED) is 0.223. The number of allylic oxidation sites excluding steroid dienone is 1. The molecule has 5 aliphatic rings. The van der Waals surface area contributed by atoms with E-state index >= 15 is 4.79 Å². The molecule has 1 aromatic carbocycles. The van der Waals surface area contributed by atoms with Crippen LogP contribution in [0.25, 0.3) is 0 Å². The molecular formula is C44H57NO17. The van der Waals surface area contributed by atoms with E-state index < -0.39 is 130 Å². The molecule has 12 atom stereocenters. The van der Waals surface area contributed by atoms with Gasteiger partial charge in [0.15, 0.2) is 29.7 Å². The van der Waals surface area contributed by atoms with Gasteiger partial charge in [-0.1, -0.05) is 52.8 Å². The van der Waals surface area contributed by atoms with E-state index in [9.17, 15) is 39.0 Å². The molecular weight excluding hydrogens is 814 g/mol. The maximum Gasteiger partial charge on any atom is 0.509 e. The van der Waals surface area contributed by atoms with Crippen LogP contribution in [0.3, 0.4) is 0 Å². The molecule has 6 rings (SSSR count). The minimum atomic E-state index is -2.36. The Hall–Kier alpha value is -5.07. The van der Waals surface area contributed by atoms with Gasteiger partial charge in [-0.25, -0.2) is 19.2 Å². The second-order valence-electron chi connectivity index (χ2n) is 19.0. The summed E-state index contributed by atoms with van der Waals surface area (Å²) in [4.78, 5) is 97.3. The number of nitrogens with one attached hydrogen (secondary N) is 1. The lowest BCUT2D eigenvalue weighted by Crippen LogP contribution is -2.82. The minimum Gasteiger partial charge on any atom is -0.456 e. The van der Waals surface area contributed by atoms with Crippen LogP contribution in [-0.4, -0.2) is 118 Å². The summed E-state index contributed by atoms with van der Waals surface area (Å²) in [5, 5.41) is 26.3. The van der Waals surface area contributed by atoms with Gasteiger partial charge in [-0.15, -0.1) is 0 Å². The lowest BCUT2D eigenvalue weighted by Gasteiger charge is -2.67. The van der Waals surface area contributed by atoms with Crippen molar-refractivity contribution in [2.75, 3.05) is 6.61 Å². The van der Waals surface area contributed by atoms with Crippen molar-refractivity contribution in [3.05, 3.63) is 47.2 Å². The second kappa shape index (κ2) is 16.2. The third-order valence-corrected chi connectivity index (χ3v) is 12.9. The maximum absolute atomic E-state index is 15.6. The molecule has 2 heterocycles. The molecule has 0 aromatic heterocycles. The van der Waals surface area contributed by atoms with Gasteiger partial charge in [-0.3, -0.25) is 14.4 Å². The molecule has 62 heavy (non-hydrogen) atoms. The Kier molecular flexibility index (Phi) is 12.2. The number of hydrogen-bond donors (Lipinski definition) is 3. The van der Waals surface area contributed by atoms with E-state index in [1.54, 1.807) is 66.7 Å². The first-order valence-electron chi connectivity index (χ1n) is 20.7. The summed E-state index contributed by atoms with van der Waals surface area (Å²) in [6.07, 6.45) is -12.5. The number of rotatable bonds is 10. The number of alkyl carbamates (subject to hydrolysis) is 1. The van der Waals surface area contributed by atoms with E-state index in [4.69, 9.17) is 37.9 Å². The minimum absolute atomic E-state index is 0.0261. The van der Waals surface area contributed by atoms with Crippen LogP contribution >= 0.6 is 0 Å². The number of aliphatic hydroxyl groups is 2. The Labute approximate surface area is 359 Å². The van der Waals surface area contributed by atoms with Crippen molar-refractivity contribution in [1.29, 1.82) is 0 Å².